The minimum atomic E-state index is -1.04. The minimum absolute atomic E-state index is 0.00659. The molecular formula is C21H32O4. The van der Waals surface area contributed by atoms with Gasteiger partial charge in [-0.15, -0.1) is 0 Å². The van der Waals surface area contributed by atoms with Gasteiger partial charge in [-0.25, -0.2) is 9.59 Å². The number of rotatable bonds is 13. The summed E-state index contributed by atoms with van der Waals surface area (Å²) in [6.07, 6.45) is 10.6. The van der Waals surface area contributed by atoms with Gasteiger partial charge in [0.05, 0.1) is 11.1 Å². The number of carboxylic acid groups (broad SMARTS) is 2. The Hall–Kier alpha value is -1.84. The first kappa shape index (κ1) is 21.2. The molecule has 0 unspecified atom stereocenters. The van der Waals surface area contributed by atoms with Gasteiger partial charge < -0.3 is 10.2 Å². The van der Waals surface area contributed by atoms with E-state index in [0.29, 0.717) is 5.56 Å². The van der Waals surface area contributed by atoms with Crippen LogP contribution in [0, 0.1) is 0 Å². The Labute approximate surface area is 151 Å². The summed E-state index contributed by atoms with van der Waals surface area (Å²) in [5.74, 6) is -2.07. The highest BCUT2D eigenvalue weighted by Gasteiger charge is 2.24. The first-order chi connectivity index (χ1) is 12.0. The van der Waals surface area contributed by atoms with Crippen molar-refractivity contribution < 1.29 is 19.8 Å². The third kappa shape index (κ3) is 6.89. The van der Waals surface area contributed by atoms with E-state index >= 15 is 0 Å². The smallest absolute Gasteiger partial charge is 0.335 e. The molecule has 0 aliphatic carbocycles. The summed E-state index contributed by atoms with van der Waals surface area (Å²) in [5.41, 5.74) is 0.822. The molecule has 1 rings (SSSR count). The van der Waals surface area contributed by atoms with Crippen LogP contribution in [-0.2, 0) is 0 Å². The van der Waals surface area contributed by atoms with Gasteiger partial charge in [-0.3, -0.25) is 0 Å². The molecule has 0 saturated carbocycles. The lowest BCUT2D eigenvalue weighted by molar-refractivity contribution is 0.0694. The zero-order valence-corrected chi connectivity index (χ0v) is 15.6. The molecule has 1 aromatic carbocycles. The van der Waals surface area contributed by atoms with E-state index in [2.05, 4.69) is 13.8 Å². The number of carbonyl (C=O) groups is 2. The molecule has 0 bridgehead atoms. The molecule has 0 aliphatic rings. The zero-order chi connectivity index (χ0) is 18.7. The molecule has 0 aliphatic heterocycles. The summed E-state index contributed by atoms with van der Waals surface area (Å²) in [5, 5.41) is 19.1. The highest BCUT2D eigenvalue weighted by molar-refractivity contribution is 5.96. The maximum atomic E-state index is 11.7. The van der Waals surface area contributed by atoms with Crippen molar-refractivity contribution in [1.29, 1.82) is 0 Å². The molecule has 0 heterocycles. The van der Waals surface area contributed by atoms with Gasteiger partial charge in [0.15, 0.2) is 0 Å². The van der Waals surface area contributed by atoms with Crippen molar-refractivity contribution in [2.75, 3.05) is 0 Å². The normalized spacial score (nSPS) is 11.0. The van der Waals surface area contributed by atoms with Gasteiger partial charge >= 0.3 is 11.9 Å². The number of aromatic carboxylic acids is 2. The van der Waals surface area contributed by atoms with Gasteiger partial charge in [0, 0.05) is 0 Å². The first-order valence-corrected chi connectivity index (χ1v) is 9.62. The van der Waals surface area contributed by atoms with Gasteiger partial charge in [0.25, 0.3) is 0 Å². The number of benzene rings is 1. The van der Waals surface area contributed by atoms with E-state index in [-0.39, 0.29) is 17.0 Å². The molecule has 0 radical (unpaired) electrons. The molecule has 0 saturated heterocycles. The molecule has 0 spiro atoms. The second-order valence-corrected chi connectivity index (χ2v) is 6.77. The monoisotopic (exact) mass is 348 g/mol. The van der Waals surface area contributed by atoms with Crippen molar-refractivity contribution in [3.63, 3.8) is 0 Å². The van der Waals surface area contributed by atoms with Gasteiger partial charge in [-0.05, 0) is 36.5 Å². The van der Waals surface area contributed by atoms with Crippen LogP contribution in [0.3, 0.4) is 0 Å². The second-order valence-electron chi connectivity index (χ2n) is 6.77. The van der Waals surface area contributed by atoms with Crippen molar-refractivity contribution in [3.8, 4) is 0 Å². The summed E-state index contributed by atoms with van der Waals surface area (Å²) < 4.78 is 0. The van der Waals surface area contributed by atoms with Crippen LogP contribution in [0.4, 0.5) is 0 Å². The van der Waals surface area contributed by atoms with Gasteiger partial charge in [0.1, 0.15) is 0 Å². The lowest BCUT2D eigenvalue weighted by Crippen LogP contribution is -2.14. The van der Waals surface area contributed by atoms with Crippen molar-refractivity contribution in [2.24, 2.45) is 0 Å². The third-order valence-electron chi connectivity index (χ3n) is 4.79. The number of hydrogen-bond acceptors (Lipinski definition) is 2. The third-order valence-corrected chi connectivity index (χ3v) is 4.79. The van der Waals surface area contributed by atoms with Gasteiger partial charge in [-0.2, -0.15) is 0 Å². The number of carboxylic acids is 2. The van der Waals surface area contributed by atoms with E-state index in [1.165, 1.54) is 18.2 Å². The topological polar surface area (TPSA) is 74.6 Å². The molecule has 0 aromatic heterocycles. The summed E-state index contributed by atoms with van der Waals surface area (Å²) in [4.78, 5) is 23.3. The molecule has 1 aromatic rings. The molecular weight excluding hydrogens is 316 g/mol. The molecule has 0 fully saturated rings. The minimum Gasteiger partial charge on any atom is -0.478 e. The molecule has 4 heteroatoms. The second kappa shape index (κ2) is 11.7. The van der Waals surface area contributed by atoms with Crippen molar-refractivity contribution >= 4 is 11.9 Å². The van der Waals surface area contributed by atoms with E-state index < -0.39 is 11.9 Å². The SMILES string of the molecule is CCCCCCC(CCCCCC)c1c(C(=O)O)cccc1C(=O)O. The maximum Gasteiger partial charge on any atom is 0.335 e. The highest BCUT2D eigenvalue weighted by Crippen LogP contribution is 2.33. The standard InChI is InChI=1S/C21H32O4/c1-3-5-7-9-12-16(13-10-8-6-4-2)19-17(20(22)23)14-11-15-18(19)21(24)25/h11,14-16H,3-10,12-13H2,1-2H3,(H,22,23)(H,24,25). The molecule has 25 heavy (non-hydrogen) atoms. The van der Waals surface area contributed by atoms with Crippen LogP contribution in [0.15, 0.2) is 18.2 Å². The quantitative estimate of drug-likeness (QED) is 0.422. The van der Waals surface area contributed by atoms with Crippen molar-refractivity contribution in [1.82, 2.24) is 0 Å². The lowest BCUT2D eigenvalue weighted by atomic mass is 9.82. The lowest BCUT2D eigenvalue weighted by Gasteiger charge is -2.21. The summed E-state index contributed by atoms with van der Waals surface area (Å²) in [6.45, 7) is 4.31. The van der Waals surface area contributed by atoms with Crippen LogP contribution in [0.5, 0.6) is 0 Å². The Bertz CT molecular complexity index is 507. The van der Waals surface area contributed by atoms with E-state index in [1.807, 2.05) is 0 Å². The molecule has 2 N–H and O–H groups in total. The predicted molar refractivity (Wildman–Crippen MR) is 101 cm³/mol. The summed E-state index contributed by atoms with van der Waals surface area (Å²) in [6, 6.07) is 4.60. The van der Waals surface area contributed by atoms with Crippen LogP contribution in [0.1, 0.15) is 110 Å². The van der Waals surface area contributed by atoms with Crippen molar-refractivity contribution in [2.45, 2.75) is 84.0 Å². The predicted octanol–water partition coefficient (Wildman–Crippen LogP) is 6.11. The Morgan fingerprint density at radius 2 is 1.24 bits per heavy atom. The number of unbranched alkanes of at least 4 members (excludes halogenated alkanes) is 6. The summed E-state index contributed by atoms with van der Waals surface area (Å²) >= 11 is 0. The first-order valence-electron chi connectivity index (χ1n) is 9.62. The van der Waals surface area contributed by atoms with E-state index in [9.17, 15) is 19.8 Å². The van der Waals surface area contributed by atoms with Crippen LogP contribution >= 0.6 is 0 Å². The van der Waals surface area contributed by atoms with Crippen LogP contribution in [0.2, 0.25) is 0 Å². The fourth-order valence-corrected chi connectivity index (χ4v) is 3.45. The highest BCUT2D eigenvalue weighted by atomic mass is 16.4. The Kier molecular flexibility index (Phi) is 9.90. The Balaban J connectivity index is 3.08. The van der Waals surface area contributed by atoms with Gasteiger partial charge in [0.2, 0.25) is 0 Å². The molecule has 0 atom stereocenters. The average Bonchev–Trinajstić information content (AvgIpc) is 2.59. The maximum absolute atomic E-state index is 11.7. The van der Waals surface area contributed by atoms with Crippen molar-refractivity contribution in [3.05, 3.63) is 34.9 Å². The van der Waals surface area contributed by atoms with E-state index in [0.717, 1.165) is 64.2 Å². The molecule has 4 nitrogen and oxygen atoms in total. The molecule has 140 valence electrons. The average molecular weight is 348 g/mol. The van der Waals surface area contributed by atoms with Crippen LogP contribution < -0.4 is 0 Å². The van der Waals surface area contributed by atoms with Crippen LogP contribution in [-0.4, -0.2) is 22.2 Å². The van der Waals surface area contributed by atoms with Gasteiger partial charge in [-0.1, -0.05) is 71.3 Å². The number of hydrogen-bond donors (Lipinski definition) is 2. The van der Waals surface area contributed by atoms with E-state index in [1.54, 1.807) is 0 Å². The van der Waals surface area contributed by atoms with E-state index in [4.69, 9.17) is 0 Å². The Morgan fingerprint density at radius 1 is 0.800 bits per heavy atom. The fourth-order valence-electron chi connectivity index (χ4n) is 3.45. The largest absolute Gasteiger partial charge is 0.478 e. The Morgan fingerprint density at radius 3 is 1.60 bits per heavy atom. The summed E-state index contributed by atoms with van der Waals surface area (Å²) in [7, 11) is 0. The molecule has 0 amide bonds. The zero-order valence-electron chi connectivity index (χ0n) is 15.6. The van der Waals surface area contributed by atoms with Crippen LogP contribution in [0.25, 0.3) is 0 Å². The fraction of sp³-hybridized carbons (Fsp3) is 0.619.